The molecule has 0 atom stereocenters. The molecule has 0 aliphatic carbocycles. The van der Waals surface area contributed by atoms with Crippen LogP contribution in [0.3, 0.4) is 0 Å². The summed E-state index contributed by atoms with van der Waals surface area (Å²) in [6, 6.07) is 5.73. The number of aryl methyl sites for hydroxylation is 1. The van der Waals surface area contributed by atoms with Crippen molar-refractivity contribution in [2.75, 3.05) is 13.3 Å². The molecule has 0 aromatic heterocycles. The van der Waals surface area contributed by atoms with Crippen molar-refractivity contribution < 1.29 is 9.63 Å². The van der Waals surface area contributed by atoms with Gasteiger partial charge in [-0.15, -0.1) is 0 Å². The lowest BCUT2D eigenvalue weighted by molar-refractivity contribution is 0.105. The van der Waals surface area contributed by atoms with E-state index < -0.39 is 0 Å². The number of rotatable bonds is 4. The van der Waals surface area contributed by atoms with Gasteiger partial charge >= 0.3 is 0 Å². The molecule has 18 heavy (non-hydrogen) atoms. The molecule has 1 aromatic carbocycles. The Hall–Kier alpha value is -1.84. The van der Waals surface area contributed by atoms with E-state index in [-0.39, 0.29) is 0 Å². The van der Waals surface area contributed by atoms with E-state index in [1.807, 2.05) is 25.1 Å². The Morgan fingerprint density at radius 2 is 2.22 bits per heavy atom. The zero-order valence-electron chi connectivity index (χ0n) is 11.0. The minimum absolute atomic E-state index is 0.484. The lowest BCUT2D eigenvalue weighted by Crippen LogP contribution is -2.31. The molecule has 0 bridgehead atoms. The number of carbonyl (C=O) groups excluding carboxylic acids is 1. The first-order chi connectivity index (χ1) is 8.60. The van der Waals surface area contributed by atoms with E-state index in [0.717, 1.165) is 29.8 Å². The smallest absolute Gasteiger partial charge is 0.191 e. The van der Waals surface area contributed by atoms with Crippen molar-refractivity contribution in [2.45, 2.75) is 20.8 Å². The maximum Gasteiger partial charge on any atom is 0.191 e. The molecule has 0 saturated heterocycles. The average molecular weight is 246 g/mol. The summed E-state index contributed by atoms with van der Waals surface area (Å²) in [5.41, 5.74) is 2.66. The van der Waals surface area contributed by atoms with Gasteiger partial charge in [0.2, 0.25) is 0 Å². The first-order valence-corrected chi connectivity index (χ1v) is 6.12. The van der Waals surface area contributed by atoms with E-state index in [0.29, 0.717) is 18.2 Å². The van der Waals surface area contributed by atoms with Crippen LogP contribution in [0.4, 0.5) is 0 Å². The van der Waals surface area contributed by atoms with Gasteiger partial charge in [-0.1, -0.05) is 19.0 Å². The molecule has 1 aliphatic heterocycles. The minimum atomic E-state index is 0.484. The molecule has 0 amide bonds. The Balaban J connectivity index is 2.30. The van der Waals surface area contributed by atoms with Gasteiger partial charge in [0.15, 0.2) is 12.6 Å². The number of oxime groups is 1. The molecule has 0 N–H and O–H groups in total. The molecule has 4 heteroatoms. The Labute approximate surface area is 107 Å². The molecule has 1 heterocycles. The van der Waals surface area contributed by atoms with Crippen LogP contribution in [-0.4, -0.2) is 30.3 Å². The standard InChI is InChI=1S/C14H18N2O2/c1-10(2)7-16-9-18-15-14(16)13-5-11(3)4-12(6-13)8-17/h4-6,8,10H,7,9H2,1-3H3. The van der Waals surface area contributed by atoms with Gasteiger partial charge in [0.25, 0.3) is 0 Å². The predicted octanol–water partition coefficient (Wildman–Crippen LogP) is 2.41. The van der Waals surface area contributed by atoms with Crippen LogP contribution in [0, 0.1) is 12.8 Å². The van der Waals surface area contributed by atoms with E-state index >= 15 is 0 Å². The van der Waals surface area contributed by atoms with Crippen LogP contribution < -0.4 is 0 Å². The maximum atomic E-state index is 10.9. The molecule has 0 unspecified atom stereocenters. The number of benzene rings is 1. The topological polar surface area (TPSA) is 41.9 Å². The quantitative estimate of drug-likeness (QED) is 0.766. The zero-order valence-corrected chi connectivity index (χ0v) is 11.0. The van der Waals surface area contributed by atoms with Gasteiger partial charge in [-0.25, -0.2) is 0 Å². The highest BCUT2D eigenvalue weighted by Crippen LogP contribution is 2.16. The molecule has 2 rings (SSSR count). The van der Waals surface area contributed by atoms with Gasteiger partial charge in [-0.05, 0) is 36.6 Å². The fourth-order valence-electron chi connectivity index (χ4n) is 2.10. The molecule has 0 radical (unpaired) electrons. The van der Waals surface area contributed by atoms with E-state index in [1.54, 1.807) is 0 Å². The molecule has 1 aromatic rings. The highest BCUT2D eigenvalue weighted by atomic mass is 16.7. The average Bonchev–Trinajstić information content (AvgIpc) is 2.75. The van der Waals surface area contributed by atoms with Crippen LogP contribution in [0.1, 0.15) is 35.3 Å². The fraction of sp³-hybridized carbons (Fsp3) is 0.429. The lowest BCUT2D eigenvalue weighted by Gasteiger charge is -2.20. The molecule has 0 saturated carbocycles. The van der Waals surface area contributed by atoms with Crippen molar-refractivity contribution in [3.8, 4) is 0 Å². The van der Waals surface area contributed by atoms with Crippen LogP contribution in [0.2, 0.25) is 0 Å². The van der Waals surface area contributed by atoms with Gasteiger partial charge < -0.3 is 9.74 Å². The predicted molar refractivity (Wildman–Crippen MR) is 70.6 cm³/mol. The van der Waals surface area contributed by atoms with Gasteiger partial charge in [-0.2, -0.15) is 0 Å². The largest absolute Gasteiger partial charge is 0.372 e. The number of carbonyl (C=O) groups is 1. The normalized spacial score (nSPS) is 14.7. The third kappa shape index (κ3) is 2.70. The van der Waals surface area contributed by atoms with Crippen molar-refractivity contribution in [3.63, 3.8) is 0 Å². The number of hydrogen-bond acceptors (Lipinski definition) is 4. The van der Waals surface area contributed by atoms with Crippen LogP contribution in [0.25, 0.3) is 0 Å². The van der Waals surface area contributed by atoms with Crippen molar-refractivity contribution in [1.29, 1.82) is 0 Å². The molecule has 96 valence electrons. The summed E-state index contributed by atoms with van der Waals surface area (Å²) >= 11 is 0. The summed E-state index contributed by atoms with van der Waals surface area (Å²) in [5, 5.41) is 4.08. The summed E-state index contributed by atoms with van der Waals surface area (Å²) < 4.78 is 0. The van der Waals surface area contributed by atoms with Gasteiger partial charge in [-0.3, -0.25) is 4.79 Å². The van der Waals surface area contributed by atoms with Gasteiger partial charge in [0.1, 0.15) is 6.29 Å². The van der Waals surface area contributed by atoms with Crippen molar-refractivity contribution >= 4 is 12.1 Å². The number of amidine groups is 1. The number of aldehydes is 1. The summed E-state index contributed by atoms with van der Waals surface area (Å²) in [6.45, 7) is 7.66. The van der Waals surface area contributed by atoms with Crippen molar-refractivity contribution in [1.82, 2.24) is 4.90 Å². The zero-order chi connectivity index (χ0) is 13.1. The van der Waals surface area contributed by atoms with Crippen LogP contribution in [-0.2, 0) is 4.84 Å². The van der Waals surface area contributed by atoms with Crippen molar-refractivity contribution in [3.05, 3.63) is 34.9 Å². The SMILES string of the molecule is Cc1cc(C=O)cc(C2=NOCN2CC(C)C)c1. The van der Waals surface area contributed by atoms with Crippen molar-refractivity contribution in [2.24, 2.45) is 11.1 Å². The Kier molecular flexibility index (Phi) is 3.65. The number of nitrogens with zero attached hydrogens (tertiary/aromatic N) is 2. The monoisotopic (exact) mass is 246 g/mol. The molecular weight excluding hydrogens is 228 g/mol. The summed E-state index contributed by atoms with van der Waals surface area (Å²) in [6.07, 6.45) is 0.861. The highest BCUT2D eigenvalue weighted by molar-refractivity contribution is 6.00. The minimum Gasteiger partial charge on any atom is -0.372 e. The van der Waals surface area contributed by atoms with E-state index in [4.69, 9.17) is 4.84 Å². The fourth-order valence-corrected chi connectivity index (χ4v) is 2.10. The molecule has 4 nitrogen and oxygen atoms in total. The first-order valence-electron chi connectivity index (χ1n) is 6.12. The second-order valence-electron chi connectivity index (χ2n) is 5.04. The van der Waals surface area contributed by atoms with Crippen LogP contribution in [0.15, 0.2) is 23.4 Å². The third-order valence-corrected chi connectivity index (χ3v) is 2.74. The van der Waals surface area contributed by atoms with E-state index in [1.165, 1.54) is 0 Å². The molecule has 0 spiro atoms. The Morgan fingerprint density at radius 1 is 1.44 bits per heavy atom. The lowest BCUT2D eigenvalue weighted by atomic mass is 10.1. The van der Waals surface area contributed by atoms with Crippen LogP contribution in [0.5, 0.6) is 0 Å². The molecule has 1 aliphatic rings. The summed E-state index contributed by atoms with van der Waals surface area (Å²) in [5.74, 6) is 1.35. The first kappa shape index (κ1) is 12.6. The molecular formula is C14H18N2O2. The summed E-state index contributed by atoms with van der Waals surface area (Å²) in [7, 11) is 0. The maximum absolute atomic E-state index is 10.9. The highest BCUT2D eigenvalue weighted by Gasteiger charge is 2.21. The van der Waals surface area contributed by atoms with Crippen LogP contribution >= 0.6 is 0 Å². The van der Waals surface area contributed by atoms with E-state index in [9.17, 15) is 4.79 Å². The second kappa shape index (κ2) is 5.21. The Morgan fingerprint density at radius 3 is 2.89 bits per heavy atom. The Bertz CT molecular complexity index is 481. The summed E-state index contributed by atoms with van der Waals surface area (Å²) in [4.78, 5) is 18.2. The molecule has 0 fully saturated rings. The second-order valence-corrected chi connectivity index (χ2v) is 5.04. The number of hydrogen-bond donors (Lipinski definition) is 0. The van der Waals surface area contributed by atoms with Gasteiger partial charge in [0.05, 0.1) is 0 Å². The third-order valence-electron chi connectivity index (χ3n) is 2.74. The van der Waals surface area contributed by atoms with Gasteiger partial charge in [0, 0.05) is 17.7 Å². The van der Waals surface area contributed by atoms with E-state index in [2.05, 4.69) is 23.9 Å².